The summed E-state index contributed by atoms with van der Waals surface area (Å²) in [6, 6.07) is 5.07. The summed E-state index contributed by atoms with van der Waals surface area (Å²) in [6.45, 7) is 3.59. The predicted molar refractivity (Wildman–Crippen MR) is 64.0 cm³/mol. The van der Waals surface area contributed by atoms with Crippen LogP contribution < -0.4 is 0 Å². The molecule has 1 aromatic rings. The van der Waals surface area contributed by atoms with Crippen LogP contribution in [0.1, 0.15) is 29.8 Å². The van der Waals surface area contributed by atoms with Crippen LogP contribution in [0, 0.1) is 0 Å². The van der Waals surface area contributed by atoms with Gasteiger partial charge >= 0.3 is 5.97 Å². The topological polar surface area (TPSA) is 43.4 Å². The van der Waals surface area contributed by atoms with Gasteiger partial charge in [0.25, 0.3) is 0 Å². The molecule has 4 heteroatoms. The molecular weight excluding hydrogens is 224 g/mol. The van der Waals surface area contributed by atoms with Crippen LogP contribution in [0.2, 0.25) is 0 Å². The van der Waals surface area contributed by atoms with E-state index in [0.717, 1.165) is 5.56 Å². The summed E-state index contributed by atoms with van der Waals surface area (Å²) in [5.41, 5.74) is 1.22. The van der Waals surface area contributed by atoms with Gasteiger partial charge in [-0.05, 0) is 37.6 Å². The maximum Gasteiger partial charge on any atom is 0.338 e. The number of hydrogen-bond donors (Lipinski definition) is 1. The van der Waals surface area contributed by atoms with Crippen molar-refractivity contribution in [3.8, 4) is 0 Å². The maximum absolute atomic E-state index is 11.5. The lowest BCUT2D eigenvalue weighted by molar-refractivity contribution is -0.116. The number of benzene rings is 1. The predicted octanol–water partition coefficient (Wildman–Crippen LogP) is 2.28. The fourth-order valence-corrected chi connectivity index (χ4v) is 1.70. The molecule has 0 saturated carbocycles. The van der Waals surface area contributed by atoms with Gasteiger partial charge in [0.2, 0.25) is 0 Å². The lowest BCUT2D eigenvalue weighted by atomic mass is 10.1. The van der Waals surface area contributed by atoms with E-state index in [9.17, 15) is 9.59 Å². The third-order valence-electron chi connectivity index (χ3n) is 1.94. The van der Waals surface area contributed by atoms with E-state index >= 15 is 0 Å². The van der Waals surface area contributed by atoms with Crippen molar-refractivity contribution in [1.82, 2.24) is 0 Å². The number of thiol groups is 1. The van der Waals surface area contributed by atoms with E-state index in [0.29, 0.717) is 23.5 Å². The fourth-order valence-electron chi connectivity index (χ4n) is 1.40. The van der Waals surface area contributed by atoms with Crippen LogP contribution in [-0.2, 0) is 16.0 Å². The highest BCUT2D eigenvalue weighted by atomic mass is 32.1. The molecule has 0 unspecified atom stereocenters. The highest BCUT2D eigenvalue weighted by Gasteiger charge is 2.09. The van der Waals surface area contributed by atoms with Gasteiger partial charge < -0.3 is 4.74 Å². The molecule has 0 fully saturated rings. The average Bonchev–Trinajstić information content (AvgIpc) is 2.15. The van der Waals surface area contributed by atoms with E-state index < -0.39 is 0 Å². The Kier molecular flexibility index (Phi) is 4.55. The molecule has 86 valence electrons. The Morgan fingerprint density at radius 1 is 1.31 bits per heavy atom. The van der Waals surface area contributed by atoms with Crippen molar-refractivity contribution in [2.75, 3.05) is 6.61 Å². The van der Waals surface area contributed by atoms with Crippen molar-refractivity contribution in [2.24, 2.45) is 0 Å². The molecule has 16 heavy (non-hydrogen) atoms. The summed E-state index contributed by atoms with van der Waals surface area (Å²) < 4.78 is 4.89. The second-order valence-corrected chi connectivity index (χ2v) is 4.00. The molecule has 0 atom stereocenters. The van der Waals surface area contributed by atoms with Crippen LogP contribution in [0.5, 0.6) is 0 Å². The van der Waals surface area contributed by atoms with Crippen LogP contribution in [0.15, 0.2) is 23.1 Å². The van der Waals surface area contributed by atoms with Crippen LogP contribution in [-0.4, -0.2) is 18.4 Å². The van der Waals surface area contributed by atoms with E-state index in [1.807, 2.05) is 0 Å². The Morgan fingerprint density at radius 2 is 2.00 bits per heavy atom. The third kappa shape index (κ3) is 3.70. The first kappa shape index (κ1) is 12.8. The number of carbonyl (C=O) groups is 2. The first-order valence-electron chi connectivity index (χ1n) is 5.02. The molecule has 1 aromatic carbocycles. The standard InChI is InChI=1S/C12H14O3S/c1-3-15-12(14)10-5-9(4-8(2)13)6-11(16)7-10/h5-7,16H,3-4H2,1-2H3. The molecule has 0 aliphatic rings. The van der Waals surface area contributed by atoms with Crippen molar-refractivity contribution in [3.63, 3.8) is 0 Å². The third-order valence-corrected chi connectivity index (χ3v) is 2.20. The first-order chi connectivity index (χ1) is 7.52. The Morgan fingerprint density at radius 3 is 2.56 bits per heavy atom. The van der Waals surface area contributed by atoms with Crippen LogP contribution in [0.3, 0.4) is 0 Å². The second kappa shape index (κ2) is 5.70. The van der Waals surface area contributed by atoms with Gasteiger partial charge in [0.1, 0.15) is 5.78 Å². The van der Waals surface area contributed by atoms with Crippen LogP contribution in [0.25, 0.3) is 0 Å². The molecule has 0 aliphatic heterocycles. The monoisotopic (exact) mass is 238 g/mol. The molecule has 1 rings (SSSR count). The number of Topliss-reactive ketones (excluding diaryl/α,β-unsaturated/α-hetero) is 1. The number of rotatable bonds is 4. The van der Waals surface area contributed by atoms with Gasteiger partial charge in [-0.2, -0.15) is 0 Å². The number of ether oxygens (including phenoxy) is 1. The lowest BCUT2D eigenvalue weighted by Crippen LogP contribution is -2.06. The van der Waals surface area contributed by atoms with E-state index in [-0.39, 0.29) is 11.8 Å². The molecule has 0 amide bonds. The summed E-state index contributed by atoms with van der Waals surface area (Å²) in [7, 11) is 0. The molecule has 0 heterocycles. The highest BCUT2D eigenvalue weighted by molar-refractivity contribution is 7.80. The first-order valence-corrected chi connectivity index (χ1v) is 5.47. The van der Waals surface area contributed by atoms with Crippen molar-refractivity contribution in [1.29, 1.82) is 0 Å². The summed E-state index contributed by atoms with van der Waals surface area (Å²) in [4.78, 5) is 23.1. The minimum atomic E-state index is -0.386. The van der Waals surface area contributed by atoms with Gasteiger partial charge in [0.15, 0.2) is 0 Å². The minimum absolute atomic E-state index is 0.0498. The molecule has 0 aromatic heterocycles. The summed E-state index contributed by atoms with van der Waals surface area (Å²) in [6.07, 6.45) is 0.306. The molecule has 0 spiro atoms. The van der Waals surface area contributed by atoms with E-state index in [4.69, 9.17) is 4.74 Å². The molecule has 0 N–H and O–H groups in total. The van der Waals surface area contributed by atoms with Gasteiger partial charge in [0, 0.05) is 11.3 Å². The van der Waals surface area contributed by atoms with Gasteiger partial charge in [-0.25, -0.2) is 4.79 Å². The number of carbonyl (C=O) groups excluding carboxylic acids is 2. The number of esters is 1. The maximum atomic E-state index is 11.5. The van der Waals surface area contributed by atoms with Gasteiger partial charge in [-0.3, -0.25) is 4.79 Å². The minimum Gasteiger partial charge on any atom is -0.462 e. The van der Waals surface area contributed by atoms with E-state index in [1.165, 1.54) is 6.92 Å². The zero-order chi connectivity index (χ0) is 12.1. The molecule has 0 radical (unpaired) electrons. The van der Waals surface area contributed by atoms with E-state index in [2.05, 4.69) is 12.6 Å². The van der Waals surface area contributed by atoms with E-state index in [1.54, 1.807) is 25.1 Å². The molecule has 0 bridgehead atoms. The van der Waals surface area contributed by atoms with Crippen LogP contribution >= 0.6 is 12.6 Å². The molecular formula is C12H14O3S. The largest absolute Gasteiger partial charge is 0.462 e. The Labute approximate surface area is 100 Å². The van der Waals surface area contributed by atoms with Crippen molar-refractivity contribution >= 4 is 24.4 Å². The normalized spacial score (nSPS) is 9.94. The number of hydrogen-bond acceptors (Lipinski definition) is 4. The zero-order valence-corrected chi connectivity index (χ0v) is 10.2. The molecule has 0 saturated heterocycles. The summed E-state index contributed by atoms with van der Waals surface area (Å²) in [5.74, 6) is -0.336. The van der Waals surface area contributed by atoms with Gasteiger partial charge in [-0.15, -0.1) is 12.6 Å². The summed E-state index contributed by atoms with van der Waals surface area (Å²) in [5, 5.41) is 0. The highest BCUT2D eigenvalue weighted by Crippen LogP contribution is 2.15. The zero-order valence-electron chi connectivity index (χ0n) is 9.32. The Balaban J connectivity index is 2.97. The quantitative estimate of drug-likeness (QED) is 0.646. The smallest absolute Gasteiger partial charge is 0.338 e. The second-order valence-electron chi connectivity index (χ2n) is 3.49. The SMILES string of the molecule is CCOC(=O)c1cc(S)cc(CC(C)=O)c1. The molecule has 3 nitrogen and oxygen atoms in total. The van der Waals surface area contributed by atoms with Crippen LogP contribution in [0.4, 0.5) is 0 Å². The molecule has 0 aliphatic carbocycles. The summed E-state index contributed by atoms with van der Waals surface area (Å²) >= 11 is 4.19. The van der Waals surface area contributed by atoms with Gasteiger partial charge in [0.05, 0.1) is 12.2 Å². The van der Waals surface area contributed by atoms with Crippen molar-refractivity contribution in [3.05, 3.63) is 29.3 Å². The Bertz CT molecular complexity index is 413. The Hall–Kier alpha value is -1.29. The lowest BCUT2D eigenvalue weighted by Gasteiger charge is -2.05. The fraction of sp³-hybridized carbons (Fsp3) is 0.333. The number of ketones is 1. The average molecular weight is 238 g/mol. The van der Waals surface area contributed by atoms with Crippen molar-refractivity contribution < 1.29 is 14.3 Å². The van der Waals surface area contributed by atoms with Crippen molar-refractivity contribution in [2.45, 2.75) is 25.2 Å². The van der Waals surface area contributed by atoms with Gasteiger partial charge in [-0.1, -0.05) is 0 Å².